The van der Waals surface area contributed by atoms with E-state index in [2.05, 4.69) is 54.5 Å². The lowest BCUT2D eigenvalue weighted by molar-refractivity contribution is -0.118. The fourth-order valence-corrected chi connectivity index (χ4v) is 4.31. The smallest absolute Gasteiger partial charge is 0.236 e. The Hall–Kier alpha value is -3.34. The number of hydrogen-bond acceptors (Lipinski definition) is 4. The number of nitrogens with one attached hydrogen (secondary N) is 1. The Kier molecular flexibility index (Phi) is 4.69. The molecule has 2 aliphatic rings. The maximum absolute atomic E-state index is 13.2. The number of hydrogen-bond donors (Lipinski definition) is 1. The van der Waals surface area contributed by atoms with Crippen LogP contribution in [0.1, 0.15) is 49.3 Å². The topological polar surface area (TPSA) is 60.5 Å². The molecule has 0 atom stereocenters. The normalized spacial score (nSPS) is 15.7. The predicted molar refractivity (Wildman–Crippen MR) is 121 cm³/mol. The van der Waals surface area contributed by atoms with Crippen LogP contribution in [0.3, 0.4) is 0 Å². The second-order valence-corrected chi connectivity index (χ2v) is 8.74. The van der Waals surface area contributed by atoms with Gasteiger partial charge in [0.1, 0.15) is 5.82 Å². The molecule has 0 bridgehead atoms. The van der Waals surface area contributed by atoms with Crippen molar-refractivity contribution >= 4 is 11.7 Å². The zero-order valence-corrected chi connectivity index (χ0v) is 18.1. The Morgan fingerprint density at radius 2 is 1.84 bits per heavy atom. The zero-order valence-electron chi connectivity index (χ0n) is 18.1. The first-order valence-electron chi connectivity index (χ1n) is 10.8. The van der Waals surface area contributed by atoms with Crippen molar-refractivity contribution in [3.8, 4) is 22.6 Å². The summed E-state index contributed by atoms with van der Waals surface area (Å²) in [4.78, 5) is 17.8. The van der Waals surface area contributed by atoms with Gasteiger partial charge in [-0.15, -0.1) is 0 Å². The monoisotopic (exact) mass is 414 g/mol. The van der Waals surface area contributed by atoms with Gasteiger partial charge in [0.2, 0.25) is 12.7 Å². The lowest BCUT2D eigenvalue weighted by Gasteiger charge is -2.18. The molecule has 3 aromatic rings. The van der Waals surface area contributed by atoms with Crippen LogP contribution in [-0.4, -0.2) is 17.7 Å². The van der Waals surface area contributed by atoms with Gasteiger partial charge in [0.05, 0.1) is 5.41 Å². The summed E-state index contributed by atoms with van der Waals surface area (Å²) >= 11 is 0. The third kappa shape index (κ3) is 3.44. The van der Waals surface area contributed by atoms with E-state index < -0.39 is 5.41 Å². The quantitative estimate of drug-likeness (QED) is 0.592. The Morgan fingerprint density at radius 1 is 1.06 bits per heavy atom. The number of carbonyl (C=O) groups excluding carboxylic acids is 1. The molecule has 0 saturated heterocycles. The first kappa shape index (κ1) is 19.6. The second kappa shape index (κ2) is 7.41. The number of nitrogens with zero attached hydrogens (tertiary/aromatic N) is 1. The molecule has 5 heteroatoms. The molecule has 1 aromatic heterocycles. The van der Waals surface area contributed by atoms with Crippen molar-refractivity contribution in [1.82, 2.24) is 4.98 Å². The van der Waals surface area contributed by atoms with Crippen LogP contribution < -0.4 is 14.8 Å². The van der Waals surface area contributed by atoms with Crippen molar-refractivity contribution < 1.29 is 14.3 Å². The van der Waals surface area contributed by atoms with Crippen LogP contribution in [0.15, 0.2) is 54.7 Å². The highest BCUT2D eigenvalue weighted by Crippen LogP contribution is 2.51. The van der Waals surface area contributed by atoms with Crippen LogP contribution in [0, 0.1) is 6.92 Å². The molecule has 2 heterocycles. The average molecular weight is 415 g/mol. The van der Waals surface area contributed by atoms with E-state index in [4.69, 9.17) is 9.47 Å². The summed E-state index contributed by atoms with van der Waals surface area (Å²) in [6.07, 6.45) is 3.48. The maximum Gasteiger partial charge on any atom is 0.236 e. The van der Waals surface area contributed by atoms with Crippen LogP contribution in [0.2, 0.25) is 0 Å². The number of aryl methyl sites for hydroxylation is 1. The molecule has 1 N–H and O–H groups in total. The summed E-state index contributed by atoms with van der Waals surface area (Å²) in [5, 5.41) is 3.07. The predicted octanol–water partition coefficient (Wildman–Crippen LogP) is 5.58. The molecule has 1 aliphatic heterocycles. The SMILES string of the molecule is Cc1cc(-c2ccccc2C(C)C)cnc1NC(=O)C1(c2ccc3c(c2)OCO3)CC1. The van der Waals surface area contributed by atoms with Crippen LogP contribution in [0.4, 0.5) is 5.82 Å². The highest BCUT2D eigenvalue weighted by Gasteiger charge is 2.51. The van der Waals surface area contributed by atoms with Crippen molar-refractivity contribution in [2.24, 2.45) is 0 Å². The highest BCUT2D eigenvalue weighted by molar-refractivity contribution is 6.01. The Morgan fingerprint density at radius 3 is 2.58 bits per heavy atom. The molecule has 1 saturated carbocycles. The number of pyridine rings is 1. The summed E-state index contributed by atoms with van der Waals surface area (Å²) in [5.74, 6) is 2.46. The van der Waals surface area contributed by atoms with Crippen LogP contribution >= 0.6 is 0 Å². The second-order valence-electron chi connectivity index (χ2n) is 8.74. The molecule has 1 aliphatic carbocycles. The number of benzene rings is 2. The van der Waals surface area contributed by atoms with E-state index in [0.717, 1.165) is 35.3 Å². The van der Waals surface area contributed by atoms with E-state index in [0.29, 0.717) is 17.5 Å². The van der Waals surface area contributed by atoms with E-state index in [1.807, 2.05) is 31.3 Å². The fourth-order valence-electron chi connectivity index (χ4n) is 4.31. The fraction of sp³-hybridized carbons (Fsp3) is 0.308. The molecule has 158 valence electrons. The van der Waals surface area contributed by atoms with Gasteiger partial charge in [-0.3, -0.25) is 4.79 Å². The van der Waals surface area contributed by atoms with Gasteiger partial charge in [0.25, 0.3) is 0 Å². The summed E-state index contributed by atoms with van der Waals surface area (Å²) in [5.41, 5.74) is 4.94. The van der Waals surface area contributed by atoms with E-state index in [1.54, 1.807) is 0 Å². The number of carbonyl (C=O) groups is 1. The number of ether oxygens (including phenoxy) is 2. The average Bonchev–Trinajstić information content (AvgIpc) is 3.46. The van der Waals surface area contributed by atoms with Crippen LogP contribution in [0.25, 0.3) is 11.1 Å². The maximum atomic E-state index is 13.2. The summed E-state index contributed by atoms with van der Waals surface area (Å²) in [6, 6.07) is 16.3. The number of aromatic nitrogens is 1. The summed E-state index contributed by atoms with van der Waals surface area (Å²) in [6.45, 7) is 6.61. The summed E-state index contributed by atoms with van der Waals surface area (Å²) < 4.78 is 10.9. The number of rotatable bonds is 5. The van der Waals surface area contributed by atoms with Crippen molar-refractivity contribution in [3.63, 3.8) is 0 Å². The number of amides is 1. The van der Waals surface area contributed by atoms with E-state index in [1.165, 1.54) is 11.1 Å². The lowest BCUT2D eigenvalue weighted by Crippen LogP contribution is -2.28. The van der Waals surface area contributed by atoms with Gasteiger partial charge in [-0.1, -0.05) is 44.2 Å². The summed E-state index contributed by atoms with van der Waals surface area (Å²) in [7, 11) is 0. The van der Waals surface area contributed by atoms with E-state index in [9.17, 15) is 4.79 Å². The molecule has 31 heavy (non-hydrogen) atoms. The molecule has 5 rings (SSSR count). The van der Waals surface area contributed by atoms with Gasteiger partial charge >= 0.3 is 0 Å². The van der Waals surface area contributed by atoms with Crippen LogP contribution in [-0.2, 0) is 10.2 Å². The van der Waals surface area contributed by atoms with Gasteiger partial charge in [0, 0.05) is 11.8 Å². The minimum absolute atomic E-state index is 0.0164. The zero-order chi connectivity index (χ0) is 21.6. The number of anilines is 1. The lowest BCUT2D eigenvalue weighted by atomic mass is 9.93. The van der Waals surface area contributed by atoms with Crippen LogP contribution in [0.5, 0.6) is 11.5 Å². The molecule has 0 spiro atoms. The standard InChI is InChI=1S/C26H26N2O3/c1-16(2)20-6-4-5-7-21(20)18-12-17(3)24(27-14-18)28-25(29)26(10-11-26)19-8-9-22-23(13-19)31-15-30-22/h4-9,12-14,16H,10-11,15H2,1-3H3,(H,27,28,29). The van der Waals surface area contributed by atoms with E-state index >= 15 is 0 Å². The Balaban J connectivity index is 1.39. The molecular formula is C26H26N2O3. The third-order valence-corrected chi connectivity index (χ3v) is 6.31. The van der Waals surface area contributed by atoms with Crippen molar-refractivity contribution in [3.05, 3.63) is 71.4 Å². The largest absolute Gasteiger partial charge is 0.454 e. The molecular weight excluding hydrogens is 388 g/mol. The molecule has 0 radical (unpaired) electrons. The Bertz CT molecular complexity index is 1170. The molecule has 2 aromatic carbocycles. The minimum Gasteiger partial charge on any atom is -0.454 e. The molecule has 1 amide bonds. The van der Waals surface area contributed by atoms with Gasteiger partial charge in [-0.05, 0) is 66.1 Å². The van der Waals surface area contributed by atoms with Gasteiger partial charge < -0.3 is 14.8 Å². The first-order valence-corrected chi connectivity index (χ1v) is 10.8. The van der Waals surface area contributed by atoms with E-state index in [-0.39, 0.29) is 12.7 Å². The first-order chi connectivity index (χ1) is 15.0. The molecule has 5 nitrogen and oxygen atoms in total. The van der Waals surface area contributed by atoms with Gasteiger partial charge in [-0.25, -0.2) is 4.98 Å². The molecule has 0 unspecified atom stereocenters. The highest BCUT2D eigenvalue weighted by atomic mass is 16.7. The van der Waals surface area contributed by atoms with Crippen molar-refractivity contribution in [1.29, 1.82) is 0 Å². The number of fused-ring (bicyclic) bond motifs is 1. The Labute approximate surface area is 182 Å². The van der Waals surface area contributed by atoms with Gasteiger partial charge in [0.15, 0.2) is 11.5 Å². The molecule has 1 fully saturated rings. The van der Waals surface area contributed by atoms with Crippen molar-refractivity contribution in [2.75, 3.05) is 12.1 Å². The third-order valence-electron chi connectivity index (χ3n) is 6.31. The van der Waals surface area contributed by atoms with Crippen molar-refractivity contribution in [2.45, 2.75) is 44.9 Å². The van der Waals surface area contributed by atoms with Gasteiger partial charge in [-0.2, -0.15) is 0 Å². The minimum atomic E-state index is -0.516.